The van der Waals surface area contributed by atoms with E-state index < -0.39 is 0 Å². The Hall–Kier alpha value is -2.70. The fraction of sp³-hybridized carbons (Fsp3) is 0.333. The molecule has 0 aromatic heterocycles. The van der Waals surface area contributed by atoms with Gasteiger partial charge in [0, 0.05) is 26.3 Å². The smallest absolute Gasteiger partial charge is 0.259 e. The largest absolute Gasteiger partial charge is 0.349 e. The summed E-state index contributed by atoms with van der Waals surface area (Å²) in [6, 6.07) is 22.0. The average molecular weight is 517 g/mol. The third kappa shape index (κ3) is 5.07. The van der Waals surface area contributed by atoms with E-state index in [0.29, 0.717) is 29.5 Å². The number of nitrogens with one attached hydrogen (secondary N) is 1. The molecule has 3 aromatic carbocycles. The minimum atomic E-state index is -0.0627. The third-order valence-corrected chi connectivity index (χ3v) is 9.50. The summed E-state index contributed by atoms with van der Waals surface area (Å²) in [5.74, 6) is 0.956. The predicted molar refractivity (Wildman–Crippen MR) is 149 cm³/mol. The molecule has 4 nitrogen and oxygen atoms in total. The highest BCUT2D eigenvalue weighted by Crippen LogP contribution is 2.42. The van der Waals surface area contributed by atoms with E-state index in [9.17, 15) is 9.59 Å². The number of thioether (sulfide) groups is 1. The van der Waals surface area contributed by atoms with Crippen LogP contribution < -0.4 is 10.2 Å². The molecule has 2 aliphatic rings. The molecule has 0 saturated heterocycles. The fourth-order valence-corrected chi connectivity index (χ4v) is 6.64. The number of nitrogens with zero attached hydrogens (tertiary/aromatic N) is 1. The normalized spacial score (nSPS) is 21.4. The first-order valence-electron chi connectivity index (χ1n) is 12.6. The lowest BCUT2D eigenvalue weighted by Crippen LogP contribution is -2.43. The second kappa shape index (κ2) is 10.7. The van der Waals surface area contributed by atoms with E-state index in [-0.39, 0.29) is 17.9 Å². The van der Waals surface area contributed by atoms with Gasteiger partial charge in [0.25, 0.3) is 11.8 Å². The summed E-state index contributed by atoms with van der Waals surface area (Å²) >= 11 is 3.28. The second-order valence-electron chi connectivity index (χ2n) is 9.87. The Morgan fingerprint density at radius 2 is 1.81 bits per heavy atom. The molecule has 1 aliphatic heterocycles. The van der Waals surface area contributed by atoms with Crippen molar-refractivity contribution >= 4 is 41.0 Å². The Morgan fingerprint density at radius 3 is 2.58 bits per heavy atom. The molecule has 1 N–H and O–H groups in total. The van der Waals surface area contributed by atoms with E-state index in [4.69, 9.17) is 0 Å². The molecule has 0 spiro atoms. The van der Waals surface area contributed by atoms with Crippen LogP contribution >= 0.6 is 23.5 Å². The number of carbonyl (C=O) groups excluding carboxylic acids is 2. The molecule has 1 aliphatic carbocycles. The Kier molecular flexibility index (Phi) is 7.44. The van der Waals surface area contributed by atoms with Crippen molar-refractivity contribution in [1.82, 2.24) is 5.32 Å². The maximum atomic E-state index is 13.8. The maximum Gasteiger partial charge on any atom is 0.259 e. The lowest BCUT2D eigenvalue weighted by atomic mass is 9.78. The topological polar surface area (TPSA) is 49.4 Å². The number of fused-ring (bicyclic) bond motifs is 2. The van der Waals surface area contributed by atoms with Crippen molar-refractivity contribution in [1.29, 1.82) is 0 Å². The van der Waals surface area contributed by atoms with Crippen LogP contribution in [0.5, 0.6) is 0 Å². The van der Waals surface area contributed by atoms with Crippen LogP contribution in [-0.4, -0.2) is 24.1 Å². The highest BCUT2D eigenvalue weighted by Gasteiger charge is 2.30. The van der Waals surface area contributed by atoms with E-state index in [0.717, 1.165) is 33.9 Å². The minimum absolute atomic E-state index is 0.0434. The van der Waals surface area contributed by atoms with E-state index in [1.54, 1.807) is 23.5 Å². The molecule has 2 amide bonds. The van der Waals surface area contributed by atoms with Crippen LogP contribution in [0.1, 0.15) is 59.4 Å². The summed E-state index contributed by atoms with van der Waals surface area (Å²) in [7, 11) is 0. The predicted octanol–water partition coefficient (Wildman–Crippen LogP) is 7.27. The maximum absolute atomic E-state index is 13.8. The first-order valence-corrected chi connectivity index (χ1v) is 14.7. The Morgan fingerprint density at radius 1 is 1.03 bits per heavy atom. The molecule has 1 fully saturated rings. The second-order valence-corrected chi connectivity index (χ2v) is 11.8. The van der Waals surface area contributed by atoms with Gasteiger partial charge in [-0.15, -0.1) is 11.8 Å². The van der Waals surface area contributed by atoms with Gasteiger partial charge >= 0.3 is 0 Å². The van der Waals surface area contributed by atoms with Crippen LogP contribution in [0.4, 0.5) is 5.69 Å². The molecule has 3 aromatic rings. The van der Waals surface area contributed by atoms with Crippen molar-refractivity contribution < 1.29 is 9.59 Å². The number of hydrogen-bond acceptors (Lipinski definition) is 4. The molecular weight excluding hydrogens is 484 g/mol. The van der Waals surface area contributed by atoms with Gasteiger partial charge in [0.2, 0.25) is 0 Å². The summed E-state index contributed by atoms with van der Waals surface area (Å²) < 4.78 is 0. The number of carbonyl (C=O) groups is 2. The molecular formula is C30H32N2O2S2. The van der Waals surface area contributed by atoms with Crippen LogP contribution in [-0.2, 0) is 6.54 Å². The molecule has 1 saturated carbocycles. The lowest BCUT2D eigenvalue weighted by molar-refractivity contribution is 0.0889. The zero-order valence-electron chi connectivity index (χ0n) is 21.0. The van der Waals surface area contributed by atoms with Crippen molar-refractivity contribution in [3.8, 4) is 0 Å². The minimum Gasteiger partial charge on any atom is -0.349 e. The van der Waals surface area contributed by atoms with Crippen LogP contribution in [0, 0.1) is 11.8 Å². The molecule has 186 valence electrons. The number of hydrogen-bond donors (Lipinski definition) is 1. The van der Waals surface area contributed by atoms with Gasteiger partial charge in [0.1, 0.15) is 0 Å². The summed E-state index contributed by atoms with van der Waals surface area (Å²) in [5, 5.41) is 3.29. The van der Waals surface area contributed by atoms with Gasteiger partial charge in [-0.05, 0) is 72.5 Å². The number of rotatable bonds is 5. The first kappa shape index (κ1) is 25.0. The van der Waals surface area contributed by atoms with E-state index in [1.807, 2.05) is 47.4 Å². The van der Waals surface area contributed by atoms with Crippen LogP contribution in [0.3, 0.4) is 0 Å². The summed E-state index contributed by atoms with van der Waals surface area (Å²) in [5.41, 5.74) is 3.13. The van der Waals surface area contributed by atoms with Gasteiger partial charge in [-0.3, -0.25) is 9.59 Å². The highest BCUT2D eigenvalue weighted by atomic mass is 32.2. The average Bonchev–Trinajstić information content (AvgIpc) is 3.01. The summed E-state index contributed by atoms with van der Waals surface area (Å²) in [6.07, 6.45) is 5.44. The number of benzene rings is 3. The molecule has 3 unspecified atom stereocenters. The van der Waals surface area contributed by atoms with Crippen molar-refractivity contribution in [3.05, 3.63) is 83.4 Å². The summed E-state index contributed by atoms with van der Waals surface area (Å²) in [4.78, 5) is 32.1. The Bertz CT molecular complexity index is 1270. The van der Waals surface area contributed by atoms with E-state index in [1.165, 1.54) is 11.3 Å². The van der Waals surface area contributed by atoms with Crippen LogP contribution in [0.15, 0.2) is 81.4 Å². The van der Waals surface area contributed by atoms with Gasteiger partial charge < -0.3 is 10.2 Å². The zero-order chi connectivity index (χ0) is 25.2. The SMILES string of the molecule is CSc1ccc(CN2C(=O)c3ccccc3Sc3ccc(C(=O)NC4CCCC(C)C4C)cc32)cc1. The number of anilines is 1. The Labute approximate surface area is 222 Å². The monoisotopic (exact) mass is 516 g/mol. The fourth-order valence-electron chi connectivity index (χ4n) is 5.17. The Balaban J connectivity index is 1.49. The molecule has 1 heterocycles. The molecule has 0 bridgehead atoms. The van der Waals surface area contributed by atoms with Crippen LogP contribution in [0.2, 0.25) is 0 Å². The highest BCUT2D eigenvalue weighted by molar-refractivity contribution is 7.99. The molecule has 6 heteroatoms. The van der Waals surface area contributed by atoms with Gasteiger partial charge in [-0.1, -0.05) is 62.7 Å². The van der Waals surface area contributed by atoms with Crippen molar-refractivity contribution in [2.45, 2.75) is 60.4 Å². The van der Waals surface area contributed by atoms with E-state index >= 15 is 0 Å². The lowest BCUT2D eigenvalue weighted by Gasteiger charge is -2.34. The van der Waals surface area contributed by atoms with E-state index in [2.05, 4.69) is 49.7 Å². The first-order chi connectivity index (χ1) is 17.4. The quantitative estimate of drug-likeness (QED) is 0.362. The summed E-state index contributed by atoms with van der Waals surface area (Å²) in [6.45, 7) is 4.95. The van der Waals surface area contributed by atoms with Crippen LogP contribution in [0.25, 0.3) is 0 Å². The van der Waals surface area contributed by atoms with Gasteiger partial charge in [0.05, 0.1) is 17.8 Å². The molecule has 36 heavy (non-hydrogen) atoms. The third-order valence-electron chi connectivity index (χ3n) is 7.62. The molecule has 5 rings (SSSR count). The van der Waals surface area contributed by atoms with Gasteiger partial charge in [-0.2, -0.15) is 0 Å². The zero-order valence-corrected chi connectivity index (χ0v) is 22.6. The van der Waals surface area contributed by atoms with Crippen molar-refractivity contribution in [3.63, 3.8) is 0 Å². The molecule has 3 atom stereocenters. The standard InChI is InChI=1S/C30H32N2O2S2/c1-19-7-6-9-25(20(19)2)31-29(33)22-13-16-28-26(17-22)32(18-21-11-14-23(35-3)15-12-21)30(34)24-8-4-5-10-27(24)36-28/h4-5,8,10-17,19-20,25H,6-7,9,18H2,1-3H3,(H,31,33). The molecule has 0 radical (unpaired) electrons. The number of amides is 2. The van der Waals surface area contributed by atoms with Crippen molar-refractivity contribution in [2.24, 2.45) is 11.8 Å². The van der Waals surface area contributed by atoms with Gasteiger partial charge in [-0.25, -0.2) is 0 Å². The van der Waals surface area contributed by atoms with Crippen molar-refractivity contribution in [2.75, 3.05) is 11.2 Å². The van der Waals surface area contributed by atoms with Gasteiger partial charge in [0.15, 0.2) is 0 Å².